The summed E-state index contributed by atoms with van der Waals surface area (Å²) in [4.78, 5) is 26.2. The molecule has 0 fully saturated rings. The van der Waals surface area contributed by atoms with Gasteiger partial charge in [0.1, 0.15) is 5.82 Å². The van der Waals surface area contributed by atoms with Crippen LogP contribution in [0.2, 0.25) is 0 Å². The van der Waals surface area contributed by atoms with E-state index in [0.29, 0.717) is 6.41 Å². The summed E-state index contributed by atoms with van der Waals surface area (Å²) in [5.41, 5.74) is 2.04. The molecule has 1 unspecified atom stereocenters. The maximum absolute atomic E-state index is 13.5. The molecular weight excluding hydrogens is 405 g/mol. The van der Waals surface area contributed by atoms with E-state index in [-0.39, 0.29) is 17.5 Å². The highest BCUT2D eigenvalue weighted by molar-refractivity contribution is 5.96. The van der Waals surface area contributed by atoms with E-state index in [1.54, 1.807) is 24.5 Å². The van der Waals surface area contributed by atoms with Crippen LogP contribution in [0.15, 0.2) is 91.3 Å². The zero-order valence-electron chi connectivity index (χ0n) is 17.7. The van der Waals surface area contributed by atoms with Crippen molar-refractivity contribution in [3.05, 3.63) is 108 Å². The predicted octanol–water partition coefficient (Wildman–Crippen LogP) is 4.99. The summed E-state index contributed by atoms with van der Waals surface area (Å²) in [7, 11) is 0. The maximum Gasteiger partial charge on any atom is 0.254 e. The van der Waals surface area contributed by atoms with E-state index < -0.39 is 5.82 Å². The van der Waals surface area contributed by atoms with Gasteiger partial charge in [0.15, 0.2) is 0 Å². The Morgan fingerprint density at radius 2 is 1.75 bits per heavy atom. The van der Waals surface area contributed by atoms with Crippen LogP contribution in [0.1, 0.15) is 22.8 Å². The Morgan fingerprint density at radius 3 is 2.50 bits per heavy atom. The molecule has 0 aliphatic carbocycles. The molecule has 5 nitrogen and oxygen atoms in total. The molecule has 0 radical (unpaired) electrons. The first-order valence-corrected chi connectivity index (χ1v) is 10.2. The van der Waals surface area contributed by atoms with Crippen molar-refractivity contribution in [2.24, 2.45) is 0 Å². The second kappa shape index (κ2) is 11.4. The number of amides is 2. The number of aromatic nitrogens is 1. The van der Waals surface area contributed by atoms with Gasteiger partial charge in [0, 0.05) is 34.9 Å². The third kappa shape index (κ3) is 6.22. The number of carbonyl (C=O) groups excluding carboxylic acids is 2. The van der Waals surface area contributed by atoms with Gasteiger partial charge >= 0.3 is 0 Å². The smallest absolute Gasteiger partial charge is 0.254 e. The molecule has 162 valence electrons. The molecule has 1 heterocycles. The highest BCUT2D eigenvalue weighted by atomic mass is 19.1. The number of fused-ring (bicyclic) bond motifs is 1. The van der Waals surface area contributed by atoms with Crippen molar-refractivity contribution in [1.29, 1.82) is 0 Å². The largest absolute Gasteiger partial charge is 0.349 e. The van der Waals surface area contributed by atoms with Gasteiger partial charge < -0.3 is 10.6 Å². The van der Waals surface area contributed by atoms with Gasteiger partial charge in [0.25, 0.3) is 5.91 Å². The van der Waals surface area contributed by atoms with Crippen molar-refractivity contribution in [3.8, 4) is 0 Å². The fraction of sp³-hybridized carbons (Fsp3) is 0.115. The predicted molar refractivity (Wildman–Crippen MR) is 125 cm³/mol. The summed E-state index contributed by atoms with van der Waals surface area (Å²) >= 11 is 0. The van der Waals surface area contributed by atoms with Crippen molar-refractivity contribution in [1.82, 2.24) is 10.3 Å². The van der Waals surface area contributed by atoms with Crippen molar-refractivity contribution in [2.45, 2.75) is 19.4 Å². The molecule has 2 N–H and O–H groups in total. The molecule has 0 spiro atoms. The number of carbonyl (C=O) groups is 2. The number of nitrogens with zero attached hydrogens (tertiary/aromatic N) is 1. The standard InChI is InChI=1S/C16H16FNO.C10H8N2O/c1-12(11-13-7-3-2-4-8-13)18-16(19)14-9-5-6-10-15(14)17;13-7-12-10-3-1-2-8-6-11-5-4-9(8)10/h2-10,12H,11H2,1H3,(H,18,19);1-7H,(H,12,13). The number of benzene rings is 3. The molecule has 4 aromatic rings. The van der Waals surface area contributed by atoms with Crippen LogP contribution in [0.25, 0.3) is 10.8 Å². The van der Waals surface area contributed by atoms with Crippen LogP contribution in [-0.2, 0) is 11.2 Å². The van der Waals surface area contributed by atoms with E-state index in [2.05, 4.69) is 15.6 Å². The minimum Gasteiger partial charge on any atom is -0.349 e. The molecule has 4 rings (SSSR count). The SMILES string of the molecule is CC(Cc1ccccc1)NC(=O)c1ccccc1F.O=CNc1cccc2cnccc12. The summed E-state index contributed by atoms with van der Waals surface area (Å²) in [6, 6.07) is 23.4. The molecule has 0 aliphatic rings. The van der Waals surface area contributed by atoms with Gasteiger partial charge in [0.05, 0.1) is 5.56 Å². The van der Waals surface area contributed by atoms with Crippen LogP contribution in [0.3, 0.4) is 0 Å². The third-order valence-corrected chi connectivity index (χ3v) is 4.78. The highest BCUT2D eigenvalue weighted by Crippen LogP contribution is 2.21. The van der Waals surface area contributed by atoms with E-state index in [1.807, 2.05) is 61.5 Å². The van der Waals surface area contributed by atoms with Gasteiger partial charge in [0.2, 0.25) is 6.41 Å². The van der Waals surface area contributed by atoms with Crippen LogP contribution in [0.5, 0.6) is 0 Å². The van der Waals surface area contributed by atoms with Gasteiger partial charge in [-0.05, 0) is 43.2 Å². The molecule has 0 saturated heterocycles. The molecule has 2 amide bonds. The molecule has 1 atom stereocenters. The Labute approximate surface area is 186 Å². The Balaban J connectivity index is 0.000000193. The molecule has 0 bridgehead atoms. The Morgan fingerprint density at radius 1 is 1.00 bits per heavy atom. The lowest BCUT2D eigenvalue weighted by atomic mass is 10.1. The Hall–Kier alpha value is -4.06. The van der Waals surface area contributed by atoms with E-state index in [1.165, 1.54) is 12.1 Å². The van der Waals surface area contributed by atoms with Crippen LogP contribution in [0.4, 0.5) is 10.1 Å². The number of nitrogens with one attached hydrogen (secondary N) is 2. The fourth-order valence-corrected chi connectivity index (χ4v) is 3.28. The molecule has 0 saturated carbocycles. The van der Waals surface area contributed by atoms with Crippen LogP contribution in [-0.4, -0.2) is 23.3 Å². The lowest BCUT2D eigenvalue weighted by Crippen LogP contribution is -2.34. The molecule has 1 aromatic heterocycles. The minimum atomic E-state index is -0.494. The lowest BCUT2D eigenvalue weighted by molar-refractivity contribution is -0.105. The molecule has 3 aromatic carbocycles. The van der Waals surface area contributed by atoms with Crippen molar-refractivity contribution in [2.75, 3.05) is 5.32 Å². The van der Waals surface area contributed by atoms with Crippen molar-refractivity contribution < 1.29 is 14.0 Å². The van der Waals surface area contributed by atoms with E-state index in [4.69, 9.17) is 0 Å². The second-order valence-electron chi connectivity index (χ2n) is 7.21. The van der Waals surface area contributed by atoms with Crippen LogP contribution in [0, 0.1) is 5.82 Å². The summed E-state index contributed by atoms with van der Waals surface area (Å²) in [5.74, 6) is -0.867. The minimum absolute atomic E-state index is 0.0468. The fourth-order valence-electron chi connectivity index (χ4n) is 3.28. The highest BCUT2D eigenvalue weighted by Gasteiger charge is 2.13. The van der Waals surface area contributed by atoms with Gasteiger partial charge in [-0.1, -0.05) is 54.6 Å². The van der Waals surface area contributed by atoms with E-state index in [9.17, 15) is 14.0 Å². The summed E-state index contributed by atoms with van der Waals surface area (Å²) in [5, 5.41) is 7.48. The first-order chi connectivity index (χ1) is 15.6. The third-order valence-electron chi connectivity index (χ3n) is 4.78. The zero-order valence-corrected chi connectivity index (χ0v) is 17.7. The average molecular weight is 429 g/mol. The lowest BCUT2D eigenvalue weighted by Gasteiger charge is -2.14. The number of rotatable bonds is 6. The summed E-state index contributed by atoms with van der Waals surface area (Å²) in [6.45, 7) is 1.91. The average Bonchev–Trinajstić information content (AvgIpc) is 2.81. The number of halogens is 1. The molecule has 32 heavy (non-hydrogen) atoms. The number of pyridine rings is 1. The quantitative estimate of drug-likeness (QED) is 0.424. The van der Waals surface area contributed by atoms with Gasteiger partial charge in [-0.25, -0.2) is 4.39 Å². The van der Waals surface area contributed by atoms with Gasteiger partial charge in [-0.3, -0.25) is 14.6 Å². The normalized spacial score (nSPS) is 11.1. The number of anilines is 1. The van der Waals surface area contributed by atoms with Gasteiger partial charge in [-0.15, -0.1) is 0 Å². The first-order valence-electron chi connectivity index (χ1n) is 10.2. The monoisotopic (exact) mass is 429 g/mol. The molecular formula is C26H24FN3O2. The Bertz CT molecular complexity index is 1180. The Kier molecular flexibility index (Phi) is 8.03. The second-order valence-corrected chi connectivity index (χ2v) is 7.21. The van der Waals surface area contributed by atoms with Gasteiger partial charge in [-0.2, -0.15) is 0 Å². The molecule has 0 aliphatic heterocycles. The summed E-state index contributed by atoms with van der Waals surface area (Å²) < 4.78 is 13.5. The zero-order chi connectivity index (χ0) is 22.8. The molecule has 6 heteroatoms. The summed E-state index contributed by atoms with van der Waals surface area (Å²) in [6.07, 6.45) is 4.87. The van der Waals surface area contributed by atoms with E-state index >= 15 is 0 Å². The topological polar surface area (TPSA) is 71.1 Å². The number of hydrogen-bond donors (Lipinski definition) is 2. The van der Waals surface area contributed by atoms with Crippen LogP contribution >= 0.6 is 0 Å². The first kappa shape index (κ1) is 22.6. The maximum atomic E-state index is 13.5. The van der Waals surface area contributed by atoms with E-state index in [0.717, 1.165) is 28.4 Å². The van der Waals surface area contributed by atoms with Crippen LogP contribution < -0.4 is 10.6 Å². The van der Waals surface area contributed by atoms with Crippen molar-refractivity contribution >= 4 is 28.8 Å². The number of hydrogen-bond acceptors (Lipinski definition) is 3. The van der Waals surface area contributed by atoms with Crippen molar-refractivity contribution in [3.63, 3.8) is 0 Å².